The predicted molar refractivity (Wildman–Crippen MR) is 67.3 cm³/mol. The molecule has 2 rings (SSSR count). The Balaban J connectivity index is 2.23. The molecule has 0 saturated carbocycles. The zero-order valence-electron chi connectivity index (χ0n) is 9.82. The number of thiazole rings is 1. The van der Waals surface area contributed by atoms with Crippen LogP contribution < -0.4 is 11.3 Å². The number of aromatic nitrogens is 1. The van der Waals surface area contributed by atoms with Crippen LogP contribution in [0.4, 0.5) is 13.2 Å². The molecule has 1 aromatic heterocycles. The Hall–Kier alpha value is -1.44. The van der Waals surface area contributed by atoms with Crippen LogP contribution in [0, 0.1) is 0 Å². The van der Waals surface area contributed by atoms with Crippen molar-refractivity contribution in [1.82, 2.24) is 10.4 Å². The van der Waals surface area contributed by atoms with Crippen LogP contribution in [0.2, 0.25) is 0 Å². The topological polar surface area (TPSA) is 50.9 Å². The summed E-state index contributed by atoms with van der Waals surface area (Å²) in [6, 6.07) is 4.75. The third-order valence-corrected chi connectivity index (χ3v) is 3.48. The molecule has 0 saturated heterocycles. The number of halogens is 3. The zero-order chi connectivity index (χ0) is 13.9. The fourth-order valence-electron chi connectivity index (χ4n) is 1.73. The highest BCUT2D eigenvalue weighted by Crippen LogP contribution is 2.31. The first kappa shape index (κ1) is 14.0. The van der Waals surface area contributed by atoms with Gasteiger partial charge in [0.1, 0.15) is 0 Å². The van der Waals surface area contributed by atoms with E-state index in [1.54, 1.807) is 12.3 Å². The minimum Gasteiger partial charge on any atom is -0.271 e. The van der Waals surface area contributed by atoms with Gasteiger partial charge in [0.2, 0.25) is 0 Å². The maximum absolute atomic E-state index is 12.7. The first-order valence-corrected chi connectivity index (χ1v) is 6.40. The summed E-state index contributed by atoms with van der Waals surface area (Å²) in [7, 11) is 0. The summed E-state index contributed by atoms with van der Waals surface area (Å²) < 4.78 is 38.0. The van der Waals surface area contributed by atoms with E-state index in [1.165, 1.54) is 17.4 Å². The molecule has 0 aliphatic heterocycles. The number of hydrogen-bond donors (Lipinski definition) is 2. The summed E-state index contributed by atoms with van der Waals surface area (Å²) in [4.78, 5) is 4.10. The van der Waals surface area contributed by atoms with Crippen molar-refractivity contribution < 1.29 is 13.2 Å². The Kier molecular flexibility index (Phi) is 4.18. The van der Waals surface area contributed by atoms with E-state index in [-0.39, 0.29) is 0 Å². The van der Waals surface area contributed by atoms with Gasteiger partial charge in [0, 0.05) is 18.0 Å². The van der Waals surface area contributed by atoms with Crippen molar-refractivity contribution in [3.05, 3.63) is 52.0 Å². The van der Waals surface area contributed by atoms with Gasteiger partial charge in [-0.15, -0.1) is 11.3 Å². The van der Waals surface area contributed by atoms with E-state index in [9.17, 15) is 13.2 Å². The van der Waals surface area contributed by atoms with Crippen molar-refractivity contribution in [3.8, 4) is 0 Å². The average molecular weight is 287 g/mol. The molecule has 1 aromatic carbocycles. The van der Waals surface area contributed by atoms with Gasteiger partial charge in [-0.2, -0.15) is 13.2 Å². The molecule has 102 valence electrons. The van der Waals surface area contributed by atoms with E-state index in [2.05, 4.69) is 10.4 Å². The third-order valence-electron chi connectivity index (χ3n) is 2.68. The molecule has 7 heteroatoms. The van der Waals surface area contributed by atoms with Gasteiger partial charge in [0.05, 0.1) is 16.6 Å². The summed E-state index contributed by atoms with van der Waals surface area (Å²) in [5.41, 5.74) is 2.35. The van der Waals surface area contributed by atoms with Crippen molar-refractivity contribution in [2.45, 2.75) is 18.6 Å². The Morgan fingerprint density at radius 3 is 2.74 bits per heavy atom. The summed E-state index contributed by atoms with van der Waals surface area (Å²) in [6.45, 7) is 0. The first-order valence-electron chi connectivity index (χ1n) is 5.52. The number of hydrazine groups is 1. The molecule has 0 amide bonds. The van der Waals surface area contributed by atoms with Crippen molar-refractivity contribution in [3.63, 3.8) is 0 Å². The summed E-state index contributed by atoms with van der Waals surface area (Å²) in [5, 5.41) is 2.63. The lowest BCUT2D eigenvalue weighted by atomic mass is 10.0. The minimum atomic E-state index is -4.35. The molecule has 19 heavy (non-hydrogen) atoms. The van der Waals surface area contributed by atoms with Crippen LogP contribution in [-0.4, -0.2) is 4.98 Å². The van der Waals surface area contributed by atoms with E-state index in [0.29, 0.717) is 12.0 Å². The fraction of sp³-hybridized carbons (Fsp3) is 0.250. The molecule has 0 fully saturated rings. The lowest BCUT2D eigenvalue weighted by Crippen LogP contribution is -2.29. The van der Waals surface area contributed by atoms with Gasteiger partial charge in [-0.05, 0) is 17.7 Å². The average Bonchev–Trinajstić information content (AvgIpc) is 2.88. The first-order chi connectivity index (χ1) is 9.00. The fourth-order valence-corrected chi connectivity index (χ4v) is 2.40. The normalized spacial score (nSPS) is 13.5. The Morgan fingerprint density at radius 2 is 2.16 bits per heavy atom. The molecule has 0 spiro atoms. The number of nitrogens with zero attached hydrogens (tertiary/aromatic N) is 1. The molecule has 1 heterocycles. The molecule has 3 N–H and O–H groups in total. The molecule has 0 bridgehead atoms. The van der Waals surface area contributed by atoms with E-state index < -0.39 is 17.8 Å². The second kappa shape index (κ2) is 5.68. The second-order valence-electron chi connectivity index (χ2n) is 3.97. The van der Waals surface area contributed by atoms with E-state index in [0.717, 1.165) is 17.1 Å². The number of nitrogens with one attached hydrogen (secondary N) is 1. The van der Waals surface area contributed by atoms with Crippen LogP contribution >= 0.6 is 11.3 Å². The molecular weight excluding hydrogens is 275 g/mol. The van der Waals surface area contributed by atoms with Crippen molar-refractivity contribution in [1.29, 1.82) is 0 Å². The highest BCUT2D eigenvalue weighted by Gasteiger charge is 2.30. The van der Waals surface area contributed by atoms with Crippen LogP contribution in [0.25, 0.3) is 0 Å². The standard InChI is InChI=1S/C12H12F3N3S/c13-12(14,15)9-3-1-2-8(6-9)10(18-16)7-11-17-4-5-19-11/h1-6,10,18H,7,16H2. The van der Waals surface area contributed by atoms with Gasteiger partial charge in [-0.1, -0.05) is 12.1 Å². The minimum absolute atomic E-state index is 0.395. The van der Waals surface area contributed by atoms with Gasteiger partial charge in [-0.3, -0.25) is 11.3 Å². The van der Waals surface area contributed by atoms with Crippen LogP contribution in [0.3, 0.4) is 0 Å². The summed E-state index contributed by atoms with van der Waals surface area (Å²) in [6.07, 6.45) is -2.24. The van der Waals surface area contributed by atoms with Crippen molar-refractivity contribution >= 4 is 11.3 Å². The SMILES string of the molecule is NNC(Cc1nccs1)c1cccc(C(F)(F)F)c1. The van der Waals surface area contributed by atoms with Gasteiger partial charge in [-0.25, -0.2) is 4.98 Å². The molecule has 3 nitrogen and oxygen atoms in total. The maximum Gasteiger partial charge on any atom is 0.416 e. The Morgan fingerprint density at radius 1 is 1.37 bits per heavy atom. The predicted octanol–water partition coefficient (Wildman–Crippen LogP) is 2.91. The molecule has 0 radical (unpaired) electrons. The number of benzene rings is 1. The second-order valence-corrected chi connectivity index (χ2v) is 4.95. The monoisotopic (exact) mass is 287 g/mol. The summed E-state index contributed by atoms with van der Waals surface area (Å²) in [5.74, 6) is 5.43. The third kappa shape index (κ3) is 3.52. The quantitative estimate of drug-likeness (QED) is 0.671. The molecule has 0 aliphatic rings. The number of rotatable bonds is 4. The summed E-state index contributed by atoms with van der Waals surface area (Å²) >= 11 is 1.44. The Labute approximate surface area is 112 Å². The number of alkyl halides is 3. The Bertz CT molecular complexity index is 525. The zero-order valence-corrected chi connectivity index (χ0v) is 10.6. The van der Waals surface area contributed by atoms with Gasteiger partial charge in [0.15, 0.2) is 0 Å². The van der Waals surface area contributed by atoms with E-state index in [4.69, 9.17) is 5.84 Å². The van der Waals surface area contributed by atoms with E-state index in [1.807, 2.05) is 5.38 Å². The molecule has 1 atom stereocenters. The number of nitrogens with two attached hydrogens (primary N) is 1. The highest BCUT2D eigenvalue weighted by molar-refractivity contribution is 7.09. The van der Waals surface area contributed by atoms with Gasteiger partial charge >= 0.3 is 6.18 Å². The van der Waals surface area contributed by atoms with Crippen molar-refractivity contribution in [2.24, 2.45) is 5.84 Å². The largest absolute Gasteiger partial charge is 0.416 e. The van der Waals surface area contributed by atoms with Crippen LogP contribution in [0.1, 0.15) is 22.2 Å². The molecule has 1 unspecified atom stereocenters. The molecule has 2 aromatic rings. The number of hydrogen-bond acceptors (Lipinski definition) is 4. The van der Waals surface area contributed by atoms with Crippen LogP contribution in [0.5, 0.6) is 0 Å². The molecular formula is C12H12F3N3S. The van der Waals surface area contributed by atoms with Crippen molar-refractivity contribution in [2.75, 3.05) is 0 Å². The van der Waals surface area contributed by atoms with Gasteiger partial charge < -0.3 is 0 Å². The maximum atomic E-state index is 12.7. The molecule has 0 aliphatic carbocycles. The van der Waals surface area contributed by atoms with Crippen LogP contribution in [0.15, 0.2) is 35.8 Å². The smallest absolute Gasteiger partial charge is 0.271 e. The lowest BCUT2D eigenvalue weighted by molar-refractivity contribution is -0.137. The van der Waals surface area contributed by atoms with Gasteiger partial charge in [0.25, 0.3) is 0 Å². The highest BCUT2D eigenvalue weighted by atomic mass is 32.1. The van der Waals surface area contributed by atoms with Crippen LogP contribution in [-0.2, 0) is 12.6 Å². The van der Waals surface area contributed by atoms with E-state index >= 15 is 0 Å². The lowest BCUT2D eigenvalue weighted by Gasteiger charge is -2.16.